The number of rotatable bonds is 8. The highest BCUT2D eigenvalue weighted by molar-refractivity contribution is 7.13. The van der Waals surface area contributed by atoms with Gasteiger partial charge in [-0.3, -0.25) is 4.79 Å². The molecule has 2 heterocycles. The fourth-order valence-electron chi connectivity index (χ4n) is 2.15. The van der Waals surface area contributed by atoms with Crippen molar-refractivity contribution in [2.75, 3.05) is 13.7 Å². The van der Waals surface area contributed by atoms with Crippen molar-refractivity contribution in [1.82, 2.24) is 10.1 Å². The van der Waals surface area contributed by atoms with Crippen molar-refractivity contribution in [2.45, 2.75) is 13.5 Å². The van der Waals surface area contributed by atoms with Crippen LogP contribution in [0.5, 0.6) is 11.5 Å². The third-order valence-corrected chi connectivity index (χ3v) is 4.35. The molecule has 3 aromatic rings. The summed E-state index contributed by atoms with van der Waals surface area (Å²) in [7, 11) is 1.45. The van der Waals surface area contributed by atoms with Crippen LogP contribution in [0.4, 0.5) is 0 Å². The van der Waals surface area contributed by atoms with Crippen LogP contribution in [0.1, 0.15) is 23.2 Å². The van der Waals surface area contributed by atoms with Crippen molar-refractivity contribution in [1.29, 1.82) is 0 Å². The predicted octanol–water partition coefficient (Wildman–Crippen LogP) is 3.13. The van der Waals surface area contributed by atoms with Crippen LogP contribution in [-0.4, -0.2) is 35.6 Å². The third-order valence-electron chi connectivity index (χ3n) is 3.48. The Bertz CT molecular complexity index is 935. The number of ketones is 1. The molecule has 0 fully saturated rings. The average molecular weight is 388 g/mol. The first-order valence-electron chi connectivity index (χ1n) is 7.90. The van der Waals surface area contributed by atoms with Crippen molar-refractivity contribution in [3.05, 3.63) is 47.2 Å². The molecule has 0 amide bonds. The number of esters is 1. The molecule has 0 aliphatic heterocycles. The number of hydrogen-bond donors (Lipinski definition) is 0. The summed E-state index contributed by atoms with van der Waals surface area (Å²) in [5.41, 5.74) is 0.486. The molecule has 0 unspecified atom stereocenters. The van der Waals surface area contributed by atoms with Gasteiger partial charge in [0.2, 0.25) is 5.82 Å². The Morgan fingerprint density at radius 2 is 2.07 bits per heavy atom. The molecule has 0 aliphatic rings. The molecule has 3 rings (SSSR count). The SMILES string of the molecule is COc1cc(C(C)=O)ccc1OCC(=O)OCc1nc(-c2cccs2)no1. The van der Waals surface area contributed by atoms with Gasteiger partial charge in [0.25, 0.3) is 5.89 Å². The van der Waals surface area contributed by atoms with Crippen molar-refractivity contribution in [3.8, 4) is 22.2 Å². The second-order valence-corrected chi connectivity index (χ2v) is 6.31. The molecule has 0 atom stereocenters. The number of nitrogens with zero attached hydrogens (tertiary/aromatic N) is 2. The largest absolute Gasteiger partial charge is 0.493 e. The van der Waals surface area contributed by atoms with Gasteiger partial charge >= 0.3 is 5.97 Å². The number of methoxy groups -OCH3 is 1. The van der Waals surface area contributed by atoms with E-state index in [-0.39, 0.29) is 24.9 Å². The molecule has 0 N–H and O–H groups in total. The van der Waals surface area contributed by atoms with Gasteiger partial charge < -0.3 is 18.7 Å². The molecule has 0 bridgehead atoms. The van der Waals surface area contributed by atoms with E-state index in [1.165, 1.54) is 25.4 Å². The van der Waals surface area contributed by atoms with Crippen LogP contribution < -0.4 is 9.47 Å². The number of benzene rings is 1. The van der Waals surface area contributed by atoms with Crippen LogP contribution in [-0.2, 0) is 16.1 Å². The summed E-state index contributed by atoms with van der Waals surface area (Å²) in [5, 5.41) is 5.74. The van der Waals surface area contributed by atoms with Gasteiger partial charge in [-0.25, -0.2) is 4.79 Å². The fraction of sp³-hybridized carbons (Fsp3) is 0.222. The van der Waals surface area contributed by atoms with Gasteiger partial charge in [0.15, 0.2) is 30.5 Å². The van der Waals surface area contributed by atoms with Crippen LogP contribution in [0, 0.1) is 0 Å². The highest BCUT2D eigenvalue weighted by Gasteiger charge is 2.14. The summed E-state index contributed by atoms with van der Waals surface area (Å²) in [6.45, 7) is 0.969. The number of carbonyl (C=O) groups is 2. The second-order valence-electron chi connectivity index (χ2n) is 5.36. The fourth-order valence-corrected chi connectivity index (χ4v) is 2.79. The zero-order valence-electron chi connectivity index (χ0n) is 14.6. The van der Waals surface area contributed by atoms with Crippen LogP contribution >= 0.6 is 11.3 Å². The lowest BCUT2D eigenvalue weighted by molar-refractivity contribution is -0.148. The molecule has 27 heavy (non-hydrogen) atoms. The summed E-state index contributed by atoms with van der Waals surface area (Å²) in [4.78, 5) is 28.3. The Morgan fingerprint density at radius 3 is 2.78 bits per heavy atom. The number of thiophene rings is 1. The first-order chi connectivity index (χ1) is 13.1. The second kappa shape index (κ2) is 8.45. The standard InChI is InChI=1S/C18H16N2O6S/c1-11(21)12-5-6-13(14(8-12)23-2)24-10-17(22)25-9-16-19-18(20-26-16)15-4-3-7-27-15/h3-8H,9-10H2,1-2H3. The molecule has 0 aliphatic carbocycles. The first-order valence-corrected chi connectivity index (χ1v) is 8.78. The predicted molar refractivity (Wildman–Crippen MR) is 95.9 cm³/mol. The van der Waals surface area contributed by atoms with Gasteiger partial charge in [-0.05, 0) is 36.6 Å². The lowest BCUT2D eigenvalue weighted by Crippen LogP contribution is -2.15. The Hall–Kier alpha value is -3.20. The number of ether oxygens (including phenoxy) is 3. The Kier molecular flexibility index (Phi) is 5.82. The molecule has 0 spiro atoms. The van der Waals surface area contributed by atoms with Gasteiger partial charge in [-0.15, -0.1) is 11.3 Å². The zero-order chi connectivity index (χ0) is 19.2. The van der Waals surface area contributed by atoms with Crippen molar-refractivity contribution < 1.29 is 28.3 Å². The van der Waals surface area contributed by atoms with E-state index < -0.39 is 5.97 Å². The summed E-state index contributed by atoms with van der Waals surface area (Å²) < 4.78 is 20.7. The highest BCUT2D eigenvalue weighted by atomic mass is 32.1. The molecule has 140 valence electrons. The first kappa shape index (κ1) is 18.6. The molecule has 0 saturated carbocycles. The molecule has 0 saturated heterocycles. The van der Waals surface area contributed by atoms with Gasteiger partial charge in [0.05, 0.1) is 12.0 Å². The molecular formula is C18H16N2O6S. The van der Waals surface area contributed by atoms with E-state index in [0.717, 1.165) is 4.88 Å². The van der Waals surface area contributed by atoms with Crippen molar-refractivity contribution in [3.63, 3.8) is 0 Å². The van der Waals surface area contributed by atoms with E-state index in [0.29, 0.717) is 22.9 Å². The molecule has 1 aromatic carbocycles. The highest BCUT2D eigenvalue weighted by Crippen LogP contribution is 2.28. The van der Waals surface area contributed by atoms with Crippen molar-refractivity contribution >= 4 is 23.1 Å². The van der Waals surface area contributed by atoms with Crippen LogP contribution in [0.3, 0.4) is 0 Å². The van der Waals surface area contributed by atoms with E-state index in [1.54, 1.807) is 18.2 Å². The molecule has 9 heteroatoms. The van der Waals surface area contributed by atoms with E-state index in [4.69, 9.17) is 18.7 Å². The lowest BCUT2D eigenvalue weighted by Gasteiger charge is -2.11. The minimum atomic E-state index is -0.608. The Labute approximate surface area is 158 Å². The van der Waals surface area contributed by atoms with E-state index in [1.807, 2.05) is 17.5 Å². The van der Waals surface area contributed by atoms with E-state index >= 15 is 0 Å². The summed E-state index contributed by atoms with van der Waals surface area (Å²) in [5.74, 6) is 0.618. The number of hydrogen-bond acceptors (Lipinski definition) is 9. The van der Waals surface area contributed by atoms with Crippen LogP contribution in [0.25, 0.3) is 10.7 Å². The minimum Gasteiger partial charge on any atom is -0.493 e. The zero-order valence-corrected chi connectivity index (χ0v) is 15.4. The maximum atomic E-state index is 11.9. The third kappa shape index (κ3) is 4.70. The maximum absolute atomic E-state index is 11.9. The van der Waals surface area contributed by atoms with Crippen molar-refractivity contribution in [2.24, 2.45) is 0 Å². The minimum absolute atomic E-state index is 0.0965. The molecule has 2 aromatic heterocycles. The van der Waals surface area contributed by atoms with Crippen LogP contribution in [0.2, 0.25) is 0 Å². The molecular weight excluding hydrogens is 372 g/mol. The monoisotopic (exact) mass is 388 g/mol. The maximum Gasteiger partial charge on any atom is 0.344 e. The Morgan fingerprint density at radius 1 is 1.22 bits per heavy atom. The van der Waals surface area contributed by atoms with Gasteiger partial charge in [0.1, 0.15) is 0 Å². The number of Topliss-reactive ketones (excluding diaryl/α,β-unsaturated/α-hetero) is 1. The van der Waals surface area contributed by atoms with Crippen LogP contribution in [0.15, 0.2) is 40.2 Å². The number of aromatic nitrogens is 2. The van der Waals surface area contributed by atoms with E-state index in [9.17, 15) is 9.59 Å². The van der Waals surface area contributed by atoms with Gasteiger partial charge in [-0.2, -0.15) is 4.98 Å². The summed E-state index contributed by atoms with van der Waals surface area (Å²) >= 11 is 1.48. The molecule has 8 nitrogen and oxygen atoms in total. The number of carbonyl (C=O) groups excluding carboxylic acids is 2. The smallest absolute Gasteiger partial charge is 0.344 e. The van der Waals surface area contributed by atoms with E-state index in [2.05, 4.69) is 10.1 Å². The average Bonchev–Trinajstić information content (AvgIpc) is 3.35. The Balaban J connectivity index is 1.52. The van der Waals surface area contributed by atoms with Gasteiger partial charge in [0, 0.05) is 5.56 Å². The summed E-state index contributed by atoms with van der Waals surface area (Å²) in [6.07, 6.45) is 0. The topological polar surface area (TPSA) is 101 Å². The normalized spacial score (nSPS) is 10.4. The molecule has 0 radical (unpaired) electrons. The lowest BCUT2D eigenvalue weighted by atomic mass is 10.1. The van der Waals surface area contributed by atoms with Gasteiger partial charge in [-0.1, -0.05) is 11.2 Å². The quantitative estimate of drug-likeness (QED) is 0.428. The summed E-state index contributed by atoms with van der Waals surface area (Å²) in [6, 6.07) is 8.45.